The van der Waals surface area contributed by atoms with Crippen molar-refractivity contribution in [2.24, 2.45) is 0 Å². The summed E-state index contributed by atoms with van der Waals surface area (Å²) in [6.45, 7) is 3.37. The van der Waals surface area contributed by atoms with Crippen molar-refractivity contribution in [2.75, 3.05) is 13.1 Å². The predicted octanol–water partition coefficient (Wildman–Crippen LogP) is 1.87. The van der Waals surface area contributed by atoms with E-state index >= 15 is 0 Å². The number of carboxylic acid groups (broad SMARTS) is 1. The zero-order valence-corrected chi connectivity index (χ0v) is 11.6. The molecule has 0 atom stereocenters. The minimum absolute atomic E-state index is 0.223. The van der Waals surface area contributed by atoms with E-state index in [0.29, 0.717) is 12.0 Å². The summed E-state index contributed by atoms with van der Waals surface area (Å²) in [5, 5.41) is 11.4. The van der Waals surface area contributed by atoms with Gasteiger partial charge in [-0.2, -0.15) is 0 Å². The van der Waals surface area contributed by atoms with E-state index in [1.807, 2.05) is 0 Å². The number of carbonyl (C=O) groups is 2. The Morgan fingerprint density at radius 3 is 2.55 bits per heavy atom. The molecule has 0 aromatic heterocycles. The number of benzene rings is 1. The number of nitrogens with zero attached hydrogens (tertiary/aromatic N) is 1. The Kier molecular flexibility index (Phi) is 5.96. The summed E-state index contributed by atoms with van der Waals surface area (Å²) in [5.41, 5.74) is 0.516. The quantitative estimate of drug-likeness (QED) is 0.837. The highest BCUT2D eigenvalue weighted by Crippen LogP contribution is 2.06. The van der Waals surface area contributed by atoms with Crippen LogP contribution in [0.25, 0.3) is 0 Å². The molecule has 0 aliphatic rings. The summed E-state index contributed by atoms with van der Waals surface area (Å²) >= 11 is 0. The zero-order chi connectivity index (χ0) is 15.1. The lowest BCUT2D eigenvalue weighted by Crippen LogP contribution is -2.46. The maximum Gasteiger partial charge on any atom is 0.323 e. The van der Waals surface area contributed by atoms with Crippen LogP contribution in [0.4, 0.5) is 9.18 Å². The molecular formula is C14H19FN2O3. The summed E-state index contributed by atoms with van der Waals surface area (Å²) in [6.07, 6.45) is 0.359. The SMILES string of the molecule is CC(C)N(CC(=O)O)C(=O)NCCc1ccccc1F. The van der Waals surface area contributed by atoms with Gasteiger partial charge in [0.05, 0.1) is 0 Å². The molecule has 2 N–H and O–H groups in total. The summed E-state index contributed by atoms with van der Waals surface area (Å²) in [7, 11) is 0. The summed E-state index contributed by atoms with van der Waals surface area (Å²) in [6, 6.07) is 5.66. The van der Waals surface area contributed by atoms with Gasteiger partial charge in [0.15, 0.2) is 0 Å². The second-order valence-electron chi connectivity index (χ2n) is 4.69. The number of amides is 2. The van der Waals surface area contributed by atoms with E-state index in [9.17, 15) is 14.0 Å². The number of nitrogens with one attached hydrogen (secondary N) is 1. The topological polar surface area (TPSA) is 69.6 Å². The highest BCUT2D eigenvalue weighted by molar-refractivity contribution is 5.80. The Balaban J connectivity index is 2.49. The maximum absolute atomic E-state index is 13.4. The van der Waals surface area contributed by atoms with E-state index in [1.165, 1.54) is 11.0 Å². The first kappa shape index (κ1) is 15.9. The van der Waals surface area contributed by atoms with E-state index in [4.69, 9.17) is 5.11 Å². The molecule has 0 bridgehead atoms. The molecule has 1 aromatic rings. The van der Waals surface area contributed by atoms with Gasteiger partial charge < -0.3 is 15.3 Å². The first-order chi connectivity index (χ1) is 9.41. The van der Waals surface area contributed by atoms with Crippen molar-refractivity contribution < 1.29 is 19.1 Å². The molecule has 2 amide bonds. The van der Waals surface area contributed by atoms with Crippen LogP contribution in [0.1, 0.15) is 19.4 Å². The van der Waals surface area contributed by atoms with Crippen LogP contribution in [0.3, 0.4) is 0 Å². The van der Waals surface area contributed by atoms with E-state index in [-0.39, 0.29) is 24.9 Å². The third-order valence-corrected chi connectivity index (χ3v) is 2.82. The molecule has 110 valence electrons. The molecule has 6 heteroatoms. The fourth-order valence-electron chi connectivity index (χ4n) is 1.74. The first-order valence-electron chi connectivity index (χ1n) is 6.41. The smallest absolute Gasteiger partial charge is 0.323 e. The number of hydrogen-bond acceptors (Lipinski definition) is 2. The average molecular weight is 282 g/mol. The van der Waals surface area contributed by atoms with Crippen LogP contribution in [0.5, 0.6) is 0 Å². The monoisotopic (exact) mass is 282 g/mol. The van der Waals surface area contributed by atoms with Gasteiger partial charge in [0.25, 0.3) is 0 Å². The van der Waals surface area contributed by atoms with Crippen LogP contribution >= 0.6 is 0 Å². The second kappa shape index (κ2) is 7.47. The van der Waals surface area contributed by atoms with Gasteiger partial charge in [-0.15, -0.1) is 0 Å². The van der Waals surface area contributed by atoms with Gasteiger partial charge in [0.1, 0.15) is 12.4 Å². The molecule has 0 unspecified atom stereocenters. The molecule has 1 rings (SSSR count). The summed E-state index contributed by atoms with van der Waals surface area (Å²) in [4.78, 5) is 23.8. The molecule has 5 nitrogen and oxygen atoms in total. The van der Waals surface area contributed by atoms with Crippen LogP contribution in [-0.4, -0.2) is 41.1 Å². The fourth-order valence-corrected chi connectivity index (χ4v) is 1.74. The van der Waals surface area contributed by atoms with E-state index in [1.54, 1.807) is 32.0 Å². The Hall–Kier alpha value is -2.11. The van der Waals surface area contributed by atoms with Crippen LogP contribution in [0.2, 0.25) is 0 Å². The van der Waals surface area contributed by atoms with Crippen LogP contribution in [-0.2, 0) is 11.2 Å². The van der Waals surface area contributed by atoms with Crippen LogP contribution in [0.15, 0.2) is 24.3 Å². The molecule has 0 saturated carbocycles. The number of rotatable bonds is 6. The normalized spacial score (nSPS) is 10.4. The highest BCUT2D eigenvalue weighted by atomic mass is 19.1. The number of urea groups is 1. The van der Waals surface area contributed by atoms with Crippen LogP contribution in [0, 0.1) is 5.82 Å². The van der Waals surface area contributed by atoms with Crippen molar-refractivity contribution in [1.29, 1.82) is 0 Å². The molecule has 0 aliphatic carbocycles. The molecule has 0 saturated heterocycles. The second-order valence-corrected chi connectivity index (χ2v) is 4.69. The lowest BCUT2D eigenvalue weighted by molar-refractivity contribution is -0.138. The van der Waals surface area contributed by atoms with Crippen molar-refractivity contribution >= 4 is 12.0 Å². The van der Waals surface area contributed by atoms with E-state index in [0.717, 1.165) is 0 Å². The summed E-state index contributed by atoms with van der Waals surface area (Å²) in [5.74, 6) is -1.38. The van der Waals surface area contributed by atoms with Gasteiger partial charge in [-0.3, -0.25) is 4.79 Å². The number of hydrogen-bond donors (Lipinski definition) is 2. The van der Waals surface area contributed by atoms with Gasteiger partial charge in [0.2, 0.25) is 0 Å². The molecule has 20 heavy (non-hydrogen) atoms. The largest absolute Gasteiger partial charge is 0.480 e. The lowest BCUT2D eigenvalue weighted by atomic mass is 10.1. The van der Waals surface area contributed by atoms with Gasteiger partial charge in [0, 0.05) is 12.6 Å². The van der Waals surface area contributed by atoms with Crippen molar-refractivity contribution in [1.82, 2.24) is 10.2 Å². The molecule has 0 radical (unpaired) electrons. The van der Waals surface area contributed by atoms with Gasteiger partial charge in [-0.25, -0.2) is 9.18 Å². The van der Waals surface area contributed by atoms with E-state index in [2.05, 4.69) is 5.32 Å². The zero-order valence-electron chi connectivity index (χ0n) is 11.6. The molecule has 0 fully saturated rings. The van der Waals surface area contributed by atoms with Crippen molar-refractivity contribution in [3.8, 4) is 0 Å². The Labute approximate surface area is 117 Å². The third kappa shape index (κ3) is 4.87. The maximum atomic E-state index is 13.4. The van der Waals surface area contributed by atoms with Gasteiger partial charge in [-0.1, -0.05) is 18.2 Å². The third-order valence-electron chi connectivity index (χ3n) is 2.82. The standard InChI is InChI=1S/C14H19FN2O3/c1-10(2)17(9-13(18)19)14(20)16-8-7-11-5-3-4-6-12(11)15/h3-6,10H,7-9H2,1-2H3,(H,16,20)(H,18,19). The number of aliphatic carboxylic acids is 1. The van der Waals surface area contributed by atoms with Gasteiger partial charge >= 0.3 is 12.0 Å². The minimum atomic E-state index is -1.07. The number of halogens is 1. The Morgan fingerprint density at radius 2 is 2.00 bits per heavy atom. The number of carbonyl (C=O) groups excluding carboxylic acids is 1. The van der Waals surface area contributed by atoms with Crippen molar-refractivity contribution in [3.63, 3.8) is 0 Å². The van der Waals surface area contributed by atoms with Gasteiger partial charge in [-0.05, 0) is 31.9 Å². The van der Waals surface area contributed by atoms with Crippen LogP contribution < -0.4 is 5.32 Å². The minimum Gasteiger partial charge on any atom is -0.480 e. The molecule has 0 spiro atoms. The molecular weight excluding hydrogens is 263 g/mol. The Bertz CT molecular complexity index is 477. The van der Waals surface area contributed by atoms with Crippen molar-refractivity contribution in [2.45, 2.75) is 26.3 Å². The average Bonchev–Trinajstić information content (AvgIpc) is 2.37. The first-order valence-corrected chi connectivity index (χ1v) is 6.41. The molecule has 1 aromatic carbocycles. The predicted molar refractivity (Wildman–Crippen MR) is 73.0 cm³/mol. The highest BCUT2D eigenvalue weighted by Gasteiger charge is 2.19. The lowest BCUT2D eigenvalue weighted by Gasteiger charge is -2.25. The van der Waals surface area contributed by atoms with Crippen molar-refractivity contribution in [3.05, 3.63) is 35.6 Å². The summed E-state index contributed by atoms with van der Waals surface area (Å²) < 4.78 is 13.4. The van der Waals surface area contributed by atoms with E-state index < -0.39 is 12.0 Å². The molecule has 0 heterocycles. The Morgan fingerprint density at radius 1 is 1.35 bits per heavy atom. The molecule has 0 aliphatic heterocycles. The number of carboxylic acids is 1. The fraction of sp³-hybridized carbons (Fsp3) is 0.429.